The molecule has 0 spiro atoms. The van der Waals surface area contributed by atoms with E-state index in [2.05, 4.69) is 4.98 Å². The Morgan fingerprint density at radius 1 is 1.47 bits per heavy atom. The minimum atomic E-state index is -0.443. The number of nitrogens with zero attached hydrogens (tertiary/aromatic N) is 3. The first-order valence-corrected chi connectivity index (χ1v) is 6.52. The summed E-state index contributed by atoms with van der Waals surface area (Å²) in [6, 6.07) is 1.43. The van der Waals surface area contributed by atoms with Crippen LogP contribution in [-0.2, 0) is 0 Å². The molecule has 1 heterocycles. The lowest BCUT2D eigenvalue weighted by atomic mass is 9.91. The highest BCUT2D eigenvalue weighted by Gasteiger charge is 2.30. The van der Waals surface area contributed by atoms with Crippen LogP contribution in [0, 0.1) is 17.0 Å². The molecule has 2 unspecified atom stereocenters. The second-order valence-corrected chi connectivity index (χ2v) is 5.14. The van der Waals surface area contributed by atoms with Crippen molar-refractivity contribution < 1.29 is 10.0 Å². The SMILES string of the molecule is Cc1cnc(N(C)C2CCCCC2O)c([N+](=O)[O-])c1. The van der Waals surface area contributed by atoms with Crippen molar-refractivity contribution >= 4 is 11.5 Å². The molecule has 1 N–H and O–H groups in total. The van der Waals surface area contributed by atoms with Gasteiger partial charge in [-0.3, -0.25) is 10.1 Å². The summed E-state index contributed by atoms with van der Waals surface area (Å²) in [7, 11) is 1.77. The summed E-state index contributed by atoms with van der Waals surface area (Å²) in [5.74, 6) is 0.335. The third kappa shape index (κ3) is 2.84. The van der Waals surface area contributed by atoms with Gasteiger partial charge in [-0.05, 0) is 25.3 Å². The molecule has 0 bridgehead atoms. The molecule has 0 saturated heterocycles. The summed E-state index contributed by atoms with van der Waals surface area (Å²) in [4.78, 5) is 16.6. The van der Waals surface area contributed by atoms with Gasteiger partial charge in [0, 0.05) is 19.3 Å². The fourth-order valence-electron chi connectivity index (χ4n) is 2.65. The number of nitro groups is 1. The number of aryl methyl sites for hydroxylation is 1. The molecule has 1 aliphatic carbocycles. The van der Waals surface area contributed by atoms with Crippen LogP contribution in [0.4, 0.5) is 11.5 Å². The van der Waals surface area contributed by atoms with Crippen molar-refractivity contribution in [1.29, 1.82) is 0 Å². The van der Waals surface area contributed by atoms with Gasteiger partial charge in [-0.1, -0.05) is 12.8 Å². The molecule has 0 amide bonds. The average molecular weight is 265 g/mol. The molecule has 1 saturated carbocycles. The number of anilines is 1. The second kappa shape index (κ2) is 5.52. The fourth-order valence-corrected chi connectivity index (χ4v) is 2.65. The molecule has 6 nitrogen and oxygen atoms in total. The van der Waals surface area contributed by atoms with Gasteiger partial charge in [-0.15, -0.1) is 0 Å². The van der Waals surface area contributed by atoms with Crippen LogP contribution in [0.5, 0.6) is 0 Å². The van der Waals surface area contributed by atoms with Gasteiger partial charge in [0.05, 0.1) is 17.1 Å². The van der Waals surface area contributed by atoms with Gasteiger partial charge >= 0.3 is 5.69 Å². The molecule has 1 aromatic rings. The van der Waals surface area contributed by atoms with Gasteiger partial charge in [-0.25, -0.2) is 4.98 Å². The summed E-state index contributed by atoms with van der Waals surface area (Å²) in [5, 5.41) is 21.2. The summed E-state index contributed by atoms with van der Waals surface area (Å²) in [5.41, 5.74) is 0.758. The van der Waals surface area contributed by atoms with Gasteiger partial charge in [0.2, 0.25) is 5.82 Å². The predicted molar refractivity (Wildman–Crippen MR) is 72.3 cm³/mol. The fraction of sp³-hybridized carbons (Fsp3) is 0.615. The van der Waals surface area contributed by atoms with Gasteiger partial charge in [0.1, 0.15) is 0 Å². The lowest BCUT2D eigenvalue weighted by Crippen LogP contribution is -2.44. The molecule has 1 aromatic heterocycles. The molecule has 1 fully saturated rings. The molecule has 0 aromatic carbocycles. The largest absolute Gasteiger partial charge is 0.391 e. The summed E-state index contributed by atoms with van der Waals surface area (Å²) < 4.78 is 0. The number of hydrogen-bond acceptors (Lipinski definition) is 5. The number of rotatable bonds is 3. The van der Waals surface area contributed by atoms with Crippen LogP contribution in [0.25, 0.3) is 0 Å². The third-order valence-corrected chi connectivity index (χ3v) is 3.71. The summed E-state index contributed by atoms with van der Waals surface area (Å²) in [6.07, 6.45) is 4.80. The number of likely N-dealkylation sites (N-methyl/N-ethyl adjacent to an activating group) is 1. The predicted octanol–water partition coefficient (Wildman–Crippen LogP) is 2.04. The van der Waals surface area contributed by atoms with E-state index >= 15 is 0 Å². The van der Waals surface area contributed by atoms with E-state index in [1.54, 1.807) is 25.1 Å². The summed E-state index contributed by atoms with van der Waals surface area (Å²) in [6.45, 7) is 1.78. The zero-order valence-corrected chi connectivity index (χ0v) is 11.2. The maximum absolute atomic E-state index is 11.1. The maximum atomic E-state index is 11.1. The van der Waals surface area contributed by atoms with E-state index in [0.29, 0.717) is 5.82 Å². The Morgan fingerprint density at radius 3 is 2.79 bits per heavy atom. The lowest BCUT2D eigenvalue weighted by Gasteiger charge is -2.35. The van der Waals surface area contributed by atoms with Crippen molar-refractivity contribution in [3.8, 4) is 0 Å². The van der Waals surface area contributed by atoms with Crippen LogP contribution in [0.15, 0.2) is 12.3 Å². The molecule has 0 aliphatic heterocycles. The highest BCUT2D eigenvalue weighted by Crippen LogP contribution is 2.31. The quantitative estimate of drug-likeness (QED) is 0.668. The van der Waals surface area contributed by atoms with E-state index in [4.69, 9.17) is 0 Å². The van der Waals surface area contributed by atoms with E-state index in [1.807, 2.05) is 0 Å². The number of aromatic nitrogens is 1. The number of aliphatic hydroxyl groups is 1. The Hall–Kier alpha value is -1.69. The van der Waals surface area contributed by atoms with E-state index in [1.165, 1.54) is 6.07 Å². The number of pyridine rings is 1. The number of hydrogen-bond donors (Lipinski definition) is 1. The lowest BCUT2D eigenvalue weighted by molar-refractivity contribution is -0.384. The van der Waals surface area contributed by atoms with E-state index < -0.39 is 11.0 Å². The van der Waals surface area contributed by atoms with Crippen LogP contribution in [0.3, 0.4) is 0 Å². The standard InChI is InChI=1S/C13H19N3O3/c1-9-7-11(16(18)19)13(14-8-9)15(2)10-5-3-4-6-12(10)17/h7-8,10,12,17H,3-6H2,1-2H3. The van der Waals surface area contributed by atoms with Crippen molar-refractivity contribution in [3.05, 3.63) is 27.9 Å². The normalized spacial score (nSPS) is 23.1. The van der Waals surface area contributed by atoms with Crippen LogP contribution in [0.1, 0.15) is 31.2 Å². The van der Waals surface area contributed by atoms with Crippen LogP contribution < -0.4 is 4.90 Å². The topological polar surface area (TPSA) is 79.5 Å². The van der Waals surface area contributed by atoms with Crippen molar-refractivity contribution in [2.24, 2.45) is 0 Å². The molecule has 0 radical (unpaired) electrons. The smallest absolute Gasteiger partial charge is 0.311 e. The van der Waals surface area contributed by atoms with Gasteiger partial charge in [0.15, 0.2) is 0 Å². The van der Waals surface area contributed by atoms with Crippen molar-refractivity contribution in [2.75, 3.05) is 11.9 Å². The molecule has 2 atom stereocenters. The minimum Gasteiger partial charge on any atom is -0.391 e. The van der Waals surface area contributed by atoms with E-state index in [-0.39, 0.29) is 11.7 Å². The first-order valence-electron chi connectivity index (χ1n) is 6.52. The number of aliphatic hydroxyl groups excluding tert-OH is 1. The summed E-state index contributed by atoms with van der Waals surface area (Å²) >= 11 is 0. The molecule has 2 rings (SSSR count). The van der Waals surface area contributed by atoms with Crippen LogP contribution in [-0.4, -0.2) is 34.2 Å². The molecule has 104 valence electrons. The van der Waals surface area contributed by atoms with Crippen LogP contribution in [0.2, 0.25) is 0 Å². The highest BCUT2D eigenvalue weighted by atomic mass is 16.6. The maximum Gasteiger partial charge on any atom is 0.311 e. The van der Waals surface area contributed by atoms with Crippen molar-refractivity contribution in [2.45, 2.75) is 44.8 Å². The zero-order chi connectivity index (χ0) is 14.0. The Labute approximate surface area is 112 Å². The Balaban J connectivity index is 2.32. The Morgan fingerprint density at radius 2 is 2.16 bits per heavy atom. The van der Waals surface area contributed by atoms with Crippen molar-refractivity contribution in [1.82, 2.24) is 4.98 Å². The monoisotopic (exact) mass is 265 g/mol. The molecular weight excluding hydrogens is 246 g/mol. The van der Waals surface area contributed by atoms with Gasteiger partial charge in [0.25, 0.3) is 0 Å². The van der Waals surface area contributed by atoms with E-state index in [0.717, 1.165) is 31.2 Å². The van der Waals surface area contributed by atoms with Gasteiger partial charge in [-0.2, -0.15) is 0 Å². The Bertz CT molecular complexity index is 478. The Kier molecular flexibility index (Phi) is 3.99. The zero-order valence-electron chi connectivity index (χ0n) is 11.2. The average Bonchev–Trinajstić information content (AvgIpc) is 2.38. The first kappa shape index (κ1) is 13.7. The molecule has 1 aliphatic rings. The van der Waals surface area contributed by atoms with Crippen molar-refractivity contribution in [3.63, 3.8) is 0 Å². The third-order valence-electron chi connectivity index (χ3n) is 3.71. The molecule has 6 heteroatoms. The molecular formula is C13H19N3O3. The van der Waals surface area contributed by atoms with Crippen LogP contribution >= 0.6 is 0 Å². The second-order valence-electron chi connectivity index (χ2n) is 5.14. The van der Waals surface area contributed by atoms with Gasteiger partial charge < -0.3 is 10.0 Å². The highest BCUT2D eigenvalue weighted by molar-refractivity contribution is 5.58. The first-order chi connectivity index (χ1) is 9.00. The van der Waals surface area contributed by atoms with E-state index in [9.17, 15) is 15.2 Å². The minimum absolute atomic E-state index is 0.000253. The molecule has 19 heavy (non-hydrogen) atoms.